The van der Waals surface area contributed by atoms with E-state index in [1.165, 1.54) is 0 Å². The monoisotopic (exact) mass is 328 g/mol. The summed E-state index contributed by atoms with van der Waals surface area (Å²) in [5.74, 6) is 0.400. The Morgan fingerprint density at radius 3 is 2.36 bits per heavy atom. The minimum atomic E-state index is -3.48. The Kier molecular flexibility index (Phi) is 6.83. The molecule has 1 aromatic rings. The number of amides is 1. The van der Waals surface area contributed by atoms with Gasteiger partial charge in [0.15, 0.2) is 0 Å². The lowest BCUT2D eigenvalue weighted by molar-refractivity contribution is -0.122. The molecule has 6 nitrogen and oxygen atoms in total. The maximum atomic E-state index is 11.9. The van der Waals surface area contributed by atoms with Gasteiger partial charge in [0.25, 0.3) is 0 Å². The topological polar surface area (TPSA) is 75.7 Å². The molecule has 0 aromatic heterocycles. The van der Waals surface area contributed by atoms with Crippen LogP contribution < -0.4 is 10.1 Å². The van der Waals surface area contributed by atoms with Crippen molar-refractivity contribution in [1.29, 1.82) is 0 Å². The van der Waals surface area contributed by atoms with Gasteiger partial charge in [-0.05, 0) is 31.0 Å². The third-order valence-corrected chi connectivity index (χ3v) is 4.52. The lowest BCUT2D eigenvalue weighted by Crippen LogP contribution is -2.42. The van der Waals surface area contributed by atoms with E-state index in [-0.39, 0.29) is 25.0 Å². The van der Waals surface area contributed by atoms with Gasteiger partial charge in [-0.15, -0.1) is 0 Å². The zero-order valence-corrected chi connectivity index (χ0v) is 14.3. The highest BCUT2D eigenvalue weighted by molar-refractivity contribution is 7.88. The Morgan fingerprint density at radius 1 is 1.32 bits per heavy atom. The maximum Gasteiger partial charge on any atom is 0.235 e. The molecular weight excluding hydrogens is 304 g/mol. The van der Waals surface area contributed by atoms with E-state index < -0.39 is 10.0 Å². The van der Waals surface area contributed by atoms with Crippen LogP contribution in [0.1, 0.15) is 25.8 Å². The number of hydrogen-bond donors (Lipinski definition) is 1. The molecule has 0 aliphatic carbocycles. The molecule has 0 aliphatic heterocycles. The summed E-state index contributed by atoms with van der Waals surface area (Å²) < 4.78 is 30.0. The molecule has 1 unspecified atom stereocenters. The first kappa shape index (κ1) is 18.4. The highest BCUT2D eigenvalue weighted by Gasteiger charge is 2.21. The number of rotatable bonds is 8. The summed E-state index contributed by atoms with van der Waals surface area (Å²) in [6.45, 7) is 3.80. The van der Waals surface area contributed by atoms with Crippen molar-refractivity contribution in [2.45, 2.75) is 32.9 Å². The third kappa shape index (κ3) is 6.03. The summed E-state index contributed by atoms with van der Waals surface area (Å²) >= 11 is 0. The van der Waals surface area contributed by atoms with Crippen molar-refractivity contribution < 1.29 is 17.9 Å². The normalized spacial score (nSPS) is 13.0. The van der Waals surface area contributed by atoms with Crippen LogP contribution in [-0.2, 0) is 21.4 Å². The second-order valence-electron chi connectivity index (χ2n) is 5.26. The first-order valence-electron chi connectivity index (χ1n) is 7.13. The zero-order valence-electron chi connectivity index (χ0n) is 13.5. The van der Waals surface area contributed by atoms with Gasteiger partial charge < -0.3 is 10.1 Å². The zero-order chi connectivity index (χ0) is 16.8. The molecule has 1 rings (SSSR count). The SMILES string of the molecule is CCC(C)NC(=O)CN(Cc1ccc(OC)cc1)S(C)(=O)=O. The Bertz CT molecular complexity index is 584. The van der Waals surface area contributed by atoms with Crippen LogP contribution in [-0.4, -0.2) is 44.6 Å². The fourth-order valence-corrected chi connectivity index (χ4v) is 2.54. The smallest absolute Gasteiger partial charge is 0.235 e. The standard InChI is InChI=1S/C15H24N2O4S/c1-5-12(2)16-15(18)11-17(22(4,19)20)10-13-6-8-14(21-3)9-7-13/h6-9,12H,5,10-11H2,1-4H3,(H,16,18). The number of sulfonamides is 1. The average Bonchev–Trinajstić information content (AvgIpc) is 2.46. The summed E-state index contributed by atoms with van der Waals surface area (Å²) in [5, 5.41) is 2.77. The molecule has 0 saturated carbocycles. The van der Waals surface area contributed by atoms with Crippen molar-refractivity contribution in [3.63, 3.8) is 0 Å². The summed E-state index contributed by atoms with van der Waals surface area (Å²) in [5.41, 5.74) is 0.794. The number of nitrogens with zero attached hydrogens (tertiary/aromatic N) is 1. The quantitative estimate of drug-likeness (QED) is 0.782. The van der Waals surface area contributed by atoms with Crippen molar-refractivity contribution in [3.8, 4) is 5.75 Å². The number of carbonyl (C=O) groups is 1. The van der Waals surface area contributed by atoms with Gasteiger partial charge in [0.1, 0.15) is 5.75 Å². The lowest BCUT2D eigenvalue weighted by atomic mass is 10.2. The number of ether oxygens (including phenoxy) is 1. The molecule has 0 bridgehead atoms. The molecule has 0 aliphatic rings. The van der Waals surface area contributed by atoms with E-state index in [4.69, 9.17) is 4.74 Å². The highest BCUT2D eigenvalue weighted by Crippen LogP contribution is 2.14. The molecule has 0 saturated heterocycles. The van der Waals surface area contributed by atoms with Crippen LogP contribution in [0.15, 0.2) is 24.3 Å². The van der Waals surface area contributed by atoms with Crippen molar-refractivity contribution in [1.82, 2.24) is 9.62 Å². The average molecular weight is 328 g/mol. The Morgan fingerprint density at radius 2 is 1.91 bits per heavy atom. The summed E-state index contributed by atoms with van der Waals surface area (Å²) in [6.07, 6.45) is 1.90. The van der Waals surface area contributed by atoms with E-state index >= 15 is 0 Å². The molecular formula is C15H24N2O4S. The van der Waals surface area contributed by atoms with E-state index in [1.54, 1.807) is 31.4 Å². The van der Waals surface area contributed by atoms with Gasteiger partial charge >= 0.3 is 0 Å². The van der Waals surface area contributed by atoms with E-state index in [0.717, 1.165) is 22.5 Å². The molecule has 22 heavy (non-hydrogen) atoms. The minimum absolute atomic E-state index is 0.0231. The molecule has 0 fully saturated rings. The van der Waals surface area contributed by atoms with E-state index in [0.29, 0.717) is 5.75 Å². The lowest BCUT2D eigenvalue weighted by Gasteiger charge is -2.21. The van der Waals surface area contributed by atoms with E-state index in [1.807, 2.05) is 13.8 Å². The van der Waals surface area contributed by atoms with Gasteiger partial charge in [0, 0.05) is 12.6 Å². The van der Waals surface area contributed by atoms with Crippen LogP contribution in [0, 0.1) is 0 Å². The van der Waals surface area contributed by atoms with Crippen molar-refractivity contribution >= 4 is 15.9 Å². The summed E-state index contributed by atoms with van der Waals surface area (Å²) in [7, 11) is -1.91. The van der Waals surface area contributed by atoms with Crippen LogP contribution in [0.25, 0.3) is 0 Å². The number of nitrogens with one attached hydrogen (secondary N) is 1. The van der Waals surface area contributed by atoms with Crippen molar-refractivity contribution in [2.75, 3.05) is 19.9 Å². The molecule has 0 spiro atoms. The molecule has 0 heterocycles. The number of methoxy groups -OCH3 is 1. The third-order valence-electron chi connectivity index (χ3n) is 3.33. The highest BCUT2D eigenvalue weighted by atomic mass is 32.2. The number of hydrogen-bond acceptors (Lipinski definition) is 4. The fourth-order valence-electron chi connectivity index (χ4n) is 1.81. The Labute approximate surface area is 132 Å². The van der Waals surface area contributed by atoms with Crippen LogP contribution >= 0.6 is 0 Å². The molecule has 1 amide bonds. The number of benzene rings is 1. The second kappa shape index (κ2) is 8.14. The molecule has 1 N–H and O–H groups in total. The van der Waals surface area contributed by atoms with Gasteiger partial charge in [-0.3, -0.25) is 4.79 Å². The minimum Gasteiger partial charge on any atom is -0.497 e. The molecule has 124 valence electrons. The van der Waals surface area contributed by atoms with Crippen molar-refractivity contribution in [3.05, 3.63) is 29.8 Å². The van der Waals surface area contributed by atoms with Gasteiger partial charge in [0.05, 0.1) is 19.9 Å². The van der Waals surface area contributed by atoms with Crippen LogP contribution in [0.2, 0.25) is 0 Å². The molecule has 1 aromatic carbocycles. The molecule has 7 heteroatoms. The first-order valence-corrected chi connectivity index (χ1v) is 8.98. The van der Waals surface area contributed by atoms with Gasteiger partial charge in [-0.2, -0.15) is 4.31 Å². The Hall–Kier alpha value is -1.60. The summed E-state index contributed by atoms with van der Waals surface area (Å²) in [6, 6.07) is 7.10. The predicted octanol–water partition coefficient (Wildman–Crippen LogP) is 1.37. The first-order chi connectivity index (χ1) is 10.3. The molecule has 0 radical (unpaired) electrons. The van der Waals surface area contributed by atoms with Gasteiger partial charge in [-0.1, -0.05) is 19.1 Å². The Balaban J connectivity index is 2.78. The second-order valence-corrected chi connectivity index (χ2v) is 7.24. The molecule has 1 atom stereocenters. The summed E-state index contributed by atoms with van der Waals surface area (Å²) in [4.78, 5) is 11.9. The predicted molar refractivity (Wildman–Crippen MR) is 86.1 cm³/mol. The van der Waals surface area contributed by atoms with Gasteiger partial charge in [-0.25, -0.2) is 8.42 Å². The van der Waals surface area contributed by atoms with Gasteiger partial charge in [0.2, 0.25) is 15.9 Å². The largest absolute Gasteiger partial charge is 0.497 e. The van der Waals surface area contributed by atoms with Crippen LogP contribution in [0.3, 0.4) is 0 Å². The fraction of sp³-hybridized carbons (Fsp3) is 0.533. The van der Waals surface area contributed by atoms with Crippen molar-refractivity contribution in [2.24, 2.45) is 0 Å². The van der Waals surface area contributed by atoms with Crippen LogP contribution in [0.4, 0.5) is 0 Å². The number of carbonyl (C=O) groups excluding carboxylic acids is 1. The van der Waals surface area contributed by atoms with Crippen LogP contribution in [0.5, 0.6) is 5.75 Å². The maximum absolute atomic E-state index is 11.9. The van der Waals surface area contributed by atoms with E-state index in [9.17, 15) is 13.2 Å². The van der Waals surface area contributed by atoms with E-state index in [2.05, 4.69) is 5.32 Å².